The molecule has 0 amide bonds. The van der Waals surface area contributed by atoms with E-state index in [9.17, 15) is 0 Å². The van der Waals surface area contributed by atoms with Crippen LogP contribution in [0.2, 0.25) is 0 Å². The Balaban J connectivity index is 2.40. The second-order valence-electron chi connectivity index (χ2n) is 3.25. The van der Waals surface area contributed by atoms with Crippen molar-refractivity contribution in [2.24, 2.45) is 5.84 Å². The fraction of sp³-hybridized carbons (Fsp3) is 0.100. The average Bonchev–Trinajstić information content (AvgIpc) is 2.69. The van der Waals surface area contributed by atoms with E-state index in [2.05, 4.69) is 26.3 Å². The van der Waals surface area contributed by atoms with E-state index >= 15 is 0 Å². The summed E-state index contributed by atoms with van der Waals surface area (Å²) in [6, 6.07) is 5.63. The van der Waals surface area contributed by atoms with Gasteiger partial charge in [0.05, 0.1) is 9.83 Å². The topological polar surface area (TPSA) is 77.0 Å². The first-order valence-corrected chi connectivity index (χ1v) is 6.24. The van der Waals surface area contributed by atoms with Crippen LogP contribution in [0.3, 0.4) is 0 Å². The molecule has 0 fully saturated rings. The molecule has 1 atom stereocenters. The minimum Gasteiger partial charge on any atom is -0.398 e. The van der Waals surface area contributed by atoms with Crippen LogP contribution in [0.4, 0.5) is 5.69 Å². The standard InChI is InChI=1S/C10H11BrN4S/c11-9-2-1-8(16-9)10(15-13)6-5-14-4-3-7(6)12/h1-5,10,15H,13H2,(H2,12,14). The fourth-order valence-electron chi connectivity index (χ4n) is 1.47. The van der Waals surface area contributed by atoms with Crippen molar-refractivity contribution >= 4 is 33.0 Å². The van der Waals surface area contributed by atoms with E-state index in [1.165, 1.54) is 0 Å². The molecule has 0 saturated heterocycles. The quantitative estimate of drug-likeness (QED) is 0.599. The van der Waals surface area contributed by atoms with Gasteiger partial charge in [0.2, 0.25) is 0 Å². The molecule has 0 aliphatic heterocycles. The zero-order valence-electron chi connectivity index (χ0n) is 8.35. The third-order valence-corrected chi connectivity index (χ3v) is 3.93. The number of nitrogens with one attached hydrogen (secondary N) is 1. The lowest BCUT2D eigenvalue weighted by Gasteiger charge is -2.15. The minimum atomic E-state index is -0.120. The summed E-state index contributed by atoms with van der Waals surface area (Å²) in [6.07, 6.45) is 3.39. The average molecular weight is 299 g/mol. The largest absolute Gasteiger partial charge is 0.398 e. The molecule has 0 aliphatic rings. The highest BCUT2D eigenvalue weighted by Gasteiger charge is 2.16. The fourth-order valence-corrected chi connectivity index (χ4v) is 2.97. The van der Waals surface area contributed by atoms with Gasteiger partial charge in [-0.3, -0.25) is 10.8 Å². The minimum absolute atomic E-state index is 0.120. The number of pyridine rings is 1. The SMILES string of the molecule is NNC(c1ccc(Br)s1)c1cnccc1N. The molecule has 2 heterocycles. The molecule has 0 saturated carbocycles. The van der Waals surface area contributed by atoms with Crippen molar-refractivity contribution in [2.75, 3.05) is 5.73 Å². The molecule has 0 aromatic carbocycles. The van der Waals surface area contributed by atoms with Crippen LogP contribution in [-0.4, -0.2) is 4.98 Å². The summed E-state index contributed by atoms with van der Waals surface area (Å²) in [7, 11) is 0. The Morgan fingerprint density at radius 3 is 2.75 bits per heavy atom. The van der Waals surface area contributed by atoms with E-state index in [1.54, 1.807) is 29.8 Å². The maximum Gasteiger partial charge on any atom is 0.0837 e. The lowest BCUT2D eigenvalue weighted by molar-refractivity contribution is 0.646. The van der Waals surface area contributed by atoms with Gasteiger partial charge in [-0.25, -0.2) is 5.43 Å². The molecule has 5 N–H and O–H groups in total. The summed E-state index contributed by atoms with van der Waals surface area (Å²) < 4.78 is 1.06. The van der Waals surface area contributed by atoms with Crippen molar-refractivity contribution in [3.63, 3.8) is 0 Å². The van der Waals surface area contributed by atoms with Crippen molar-refractivity contribution in [1.29, 1.82) is 0 Å². The third-order valence-electron chi connectivity index (χ3n) is 2.24. The highest BCUT2D eigenvalue weighted by Crippen LogP contribution is 2.32. The highest BCUT2D eigenvalue weighted by molar-refractivity contribution is 9.11. The van der Waals surface area contributed by atoms with Gasteiger partial charge in [-0.2, -0.15) is 0 Å². The lowest BCUT2D eigenvalue weighted by Crippen LogP contribution is -2.28. The number of aromatic nitrogens is 1. The first kappa shape index (κ1) is 11.5. The Bertz CT molecular complexity index is 485. The Hall–Kier alpha value is -0.950. The van der Waals surface area contributed by atoms with Crippen LogP contribution in [0, 0.1) is 0 Å². The van der Waals surface area contributed by atoms with E-state index in [1.807, 2.05) is 12.1 Å². The first-order valence-electron chi connectivity index (χ1n) is 4.63. The molecule has 0 aliphatic carbocycles. The molecular weight excluding hydrogens is 288 g/mol. The number of nitrogen functional groups attached to an aromatic ring is 1. The second-order valence-corrected chi connectivity index (χ2v) is 5.74. The van der Waals surface area contributed by atoms with Crippen molar-refractivity contribution in [3.05, 3.63) is 44.8 Å². The van der Waals surface area contributed by atoms with Gasteiger partial charge in [0.15, 0.2) is 0 Å². The van der Waals surface area contributed by atoms with E-state index in [-0.39, 0.29) is 6.04 Å². The van der Waals surface area contributed by atoms with Crippen LogP contribution < -0.4 is 17.0 Å². The Morgan fingerprint density at radius 2 is 2.19 bits per heavy atom. The molecule has 0 bridgehead atoms. The van der Waals surface area contributed by atoms with Gasteiger partial charge in [0.25, 0.3) is 0 Å². The molecule has 0 radical (unpaired) electrons. The second kappa shape index (κ2) is 4.92. The zero-order chi connectivity index (χ0) is 11.5. The molecule has 84 valence electrons. The van der Waals surface area contributed by atoms with Crippen LogP contribution in [0.1, 0.15) is 16.5 Å². The predicted octanol–water partition coefficient (Wildman–Crippen LogP) is 2.04. The number of halogens is 1. The molecule has 16 heavy (non-hydrogen) atoms. The molecular formula is C10H11BrN4S. The number of hydrogen-bond acceptors (Lipinski definition) is 5. The first-order chi connectivity index (χ1) is 7.72. The number of hydrazine groups is 1. The van der Waals surface area contributed by atoms with Gasteiger partial charge in [-0.1, -0.05) is 0 Å². The van der Waals surface area contributed by atoms with Gasteiger partial charge in [-0.15, -0.1) is 11.3 Å². The van der Waals surface area contributed by atoms with Crippen molar-refractivity contribution < 1.29 is 0 Å². The smallest absolute Gasteiger partial charge is 0.0837 e. The normalized spacial score (nSPS) is 12.6. The van der Waals surface area contributed by atoms with Crippen molar-refractivity contribution in [1.82, 2.24) is 10.4 Å². The molecule has 2 rings (SSSR count). The number of thiophene rings is 1. The van der Waals surface area contributed by atoms with Crippen LogP contribution in [-0.2, 0) is 0 Å². The van der Waals surface area contributed by atoms with Crippen molar-refractivity contribution in [2.45, 2.75) is 6.04 Å². The number of anilines is 1. The van der Waals surface area contributed by atoms with E-state index < -0.39 is 0 Å². The van der Waals surface area contributed by atoms with E-state index in [0.29, 0.717) is 5.69 Å². The van der Waals surface area contributed by atoms with Crippen LogP contribution in [0.5, 0.6) is 0 Å². The van der Waals surface area contributed by atoms with Crippen LogP contribution in [0.15, 0.2) is 34.4 Å². The molecule has 6 heteroatoms. The monoisotopic (exact) mass is 298 g/mol. The van der Waals surface area contributed by atoms with Gasteiger partial charge in [0, 0.05) is 28.5 Å². The summed E-state index contributed by atoms with van der Waals surface area (Å²) >= 11 is 5.04. The lowest BCUT2D eigenvalue weighted by atomic mass is 10.1. The maximum absolute atomic E-state index is 5.90. The van der Waals surface area contributed by atoms with Gasteiger partial charge < -0.3 is 5.73 Å². The van der Waals surface area contributed by atoms with E-state index in [4.69, 9.17) is 11.6 Å². The summed E-state index contributed by atoms with van der Waals surface area (Å²) in [5, 5.41) is 0. The third kappa shape index (κ3) is 2.25. The van der Waals surface area contributed by atoms with E-state index in [0.717, 1.165) is 14.2 Å². The maximum atomic E-state index is 5.90. The Kier molecular flexibility index (Phi) is 3.55. The summed E-state index contributed by atoms with van der Waals surface area (Å²) in [5.74, 6) is 5.57. The summed E-state index contributed by atoms with van der Waals surface area (Å²) in [5.41, 5.74) is 10.2. The Labute approximate surface area is 106 Å². The van der Waals surface area contributed by atoms with Crippen LogP contribution >= 0.6 is 27.3 Å². The number of nitrogens with zero attached hydrogens (tertiary/aromatic N) is 1. The molecule has 4 nitrogen and oxygen atoms in total. The predicted molar refractivity (Wildman–Crippen MR) is 69.8 cm³/mol. The number of nitrogens with two attached hydrogens (primary N) is 2. The summed E-state index contributed by atoms with van der Waals surface area (Å²) in [4.78, 5) is 5.16. The molecule has 1 unspecified atom stereocenters. The molecule has 0 spiro atoms. The molecule has 2 aromatic heterocycles. The number of hydrogen-bond donors (Lipinski definition) is 3. The summed E-state index contributed by atoms with van der Waals surface area (Å²) in [6.45, 7) is 0. The zero-order valence-corrected chi connectivity index (χ0v) is 10.8. The van der Waals surface area contributed by atoms with Gasteiger partial charge in [0.1, 0.15) is 0 Å². The van der Waals surface area contributed by atoms with Crippen molar-refractivity contribution in [3.8, 4) is 0 Å². The Morgan fingerprint density at radius 1 is 1.38 bits per heavy atom. The van der Waals surface area contributed by atoms with Gasteiger partial charge >= 0.3 is 0 Å². The number of rotatable bonds is 3. The van der Waals surface area contributed by atoms with Gasteiger partial charge in [-0.05, 0) is 34.1 Å². The highest BCUT2D eigenvalue weighted by atomic mass is 79.9. The van der Waals surface area contributed by atoms with Crippen LogP contribution in [0.25, 0.3) is 0 Å². The molecule has 2 aromatic rings.